The minimum absolute atomic E-state index is 0.113. The SMILES string of the molecule is CC(C)c1ccc(CNC(=O)c2ccc(Br)nc2)cc1. The van der Waals surface area contributed by atoms with Gasteiger partial charge >= 0.3 is 0 Å². The second kappa shape index (κ2) is 6.66. The first-order chi connectivity index (χ1) is 9.56. The van der Waals surface area contributed by atoms with Gasteiger partial charge in [-0.3, -0.25) is 4.79 Å². The Labute approximate surface area is 127 Å². The van der Waals surface area contributed by atoms with Gasteiger partial charge in [0.1, 0.15) is 4.60 Å². The van der Waals surface area contributed by atoms with E-state index in [1.807, 2.05) is 0 Å². The Morgan fingerprint density at radius 3 is 2.45 bits per heavy atom. The summed E-state index contributed by atoms with van der Waals surface area (Å²) in [7, 11) is 0. The summed E-state index contributed by atoms with van der Waals surface area (Å²) in [5.41, 5.74) is 2.96. The van der Waals surface area contributed by atoms with Crippen LogP contribution in [0.3, 0.4) is 0 Å². The quantitative estimate of drug-likeness (QED) is 0.863. The van der Waals surface area contributed by atoms with Gasteiger partial charge in [0.05, 0.1) is 5.56 Å². The molecule has 1 N–H and O–H groups in total. The molecule has 20 heavy (non-hydrogen) atoms. The van der Waals surface area contributed by atoms with E-state index >= 15 is 0 Å². The molecule has 0 saturated heterocycles. The maximum Gasteiger partial charge on any atom is 0.253 e. The second-order valence-electron chi connectivity index (χ2n) is 4.95. The molecule has 0 aliphatic rings. The van der Waals surface area contributed by atoms with E-state index in [9.17, 15) is 4.79 Å². The third-order valence-corrected chi connectivity index (χ3v) is 3.56. The molecule has 0 bridgehead atoms. The molecular weight excluding hydrogens is 316 g/mol. The standard InChI is InChI=1S/C16H17BrN2O/c1-11(2)13-5-3-12(4-6-13)9-19-16(20)14-7-8-15(17)18-10-14/h3-8,10-11H,9H2,1-2H3,(H,19,20). The minimum Gasteiger partial charge on any atom is -0.348 e. The zero-order valence-corrected chi connectivity index (χ0v) is 13.1. The zero-order valence-electron chi connectivity index (χ0n) is 11.6. The van der Waals surface area contributed by atoms with E-state index in [0.717, 1.165) is 10.2 Å². The van der Waals surface area contributed by atoms with Crippen LogP contribution in [0.1, 0.15) is 41.3 Å². The number of amides is 1. The molecule has 0 saturated carbocycles. The Morgan fingerprint density at radius 2 is 1.90 bits per heavy atom. The number of hydrogen-bond acceptors (Lipinski definition) is 2. The van der Waals surface area contributed by atoms with Crippen LogP contribution in [-0.2, 0) is 6.54 Å². The summed E-state index contributed by atoms with van der Waals surface area (Å²) in [5, 5.41) is 2.89. The van der Waals surface area contributed by atoms with Crippen molar-refractivity contribution < 1.29 is 4.79 Å². The molecule has 3 nitrogen and oxygen atoms in total. The number of benzene rings is 1. The van der Waals surface area contributed by atoms with Crippen molar-refractivity contribution >= 4 is 21.8 Å². The van der Waals surface area contributed by atoms with Crippen LogP contribution in [0.2, 0.25) is 0 Å². The highest BCUT2D eigenvalue weighted by Gasteiger charge is 2.06. The average Bonchev–Trinajstić information content (AvgIpc) is 2.46. The number of rotatable bonds is 4. The van der Waals surface area contributed by atoms with Gasteiger partial charge in [-0.1, -0.05) is 38.1 Å². The molecule has 104 valence electrons. The number of pyridine rings is 1. The molecule has 0 radical (unpaired) electrons. The predicted octanol–water partition coefficient (Wildman–Crippen LogP) is 3.90. The molecule has 1 amide bonds. The lowest BCUT2D eigenvalue weighted by Crippen LogP contribution is -2.22. The van der Waals surface area contributed by atoms with Gasteiger partial charge in [-0.25, -0.2) is 4.98 Å². The number of nitrogens with one attached hydrogen (secondary N) is 1. The maximum absolute atomic E-state index is 11.9. The van der Waals surface area contributed by atoms with E-state index in [1.165, 1.54) is 5.56 Å². The highest BCUT2D eigenvalue weighted by molar-refractivity contribution is 9.10. The third kappa shape index (κ3) is 3.90. The van der Waals surface area contributed by atoms with Crippen molar-refractivity contribution in [2.24, 2.45) is 0 Å². The Bertz CT molecular complexity index is 576. The highest BCUT2D eigenvalue weighted by atomic mass is 79.9. The smallest absolute Gasteiger partial charge is 0.253 e. The fraction of sp³-hybridized carbons (Fsp3) is 0.250. The van der Waals surface area contributed by atoms with Crippen LogP contribution in [0, 0.1) is 0 Å². The molecule has 0 fully saturated rings. The predicted molar refractivity (Wildman–Crippen MR) is 83.6 cm³/mol. The Balaban J connectivity index is 1.94. The monoisotopic (exact) mass is 332 g/mol. The van der Waals surface area contributed by atoms with Crippen LogP contribution < -0.4 is 5.32 Å². The Hall–Kier alpha value is -1.68. The van der Waals surface area contributed by atoms with Crippen LogP contribution >= 0.6 is 15.9 Å². The van der Waals surface area contributed by atoms with Crippen LogP contribution in [0.15, 0.2) is 47.2 Å². The molecule has 2 rings (SSSR count). The van der Waals surface area contributed by atoms with Gasteiger partial charge < -0.3 is 5.32 Å². The number of aromatic nitrogens is 1. The van der Waals surface area contributed by atoms with Gasteiger partial charge in [0.15, 0.2) is 0 Å². The molecule has 0 spiro atoms. The van der Waals surface area contributed by atoms with Crippen molar-refractivity contribution in [3.05, 3.63) is 63.9 Å². The van der Waals surface area contributed by atoms with Gasteiger partial charge in [0.2, 0.25) is 0 Å². The van der Waals surface area contributed by atoms with Crippen LogP contribution in [-0.4, -0.2) is 10.9 Å². The van der Waals surface area contributed by atoms with E-state index in [-0.39, 0.29) is 5.91 Å². The van der Waals surface area contributed by atoms with Crippen LogP contribution in [0.25, 0.3) is 0 Å². The van der Waals surface area contributed by atoms with Crippen molar-refractivity contribution in [1.82, 2.24) is 10.3 Å². The first-order valence-corrected chi connectivity index (χ1v) is 7.34. The molecule has 0 atom stereocenters. The lowest BCUT2D eigenvalue weighted by atomic mass is 10.0. The summed E-state index contributed by atoms with van der Waals surface area (Å²) in [6.07, 6.45) is 1.56. The van der Waals surface area contributed by atoms with Gasteiger partial charge in [-0.2, -0.15) is 0 Å². The Kier molecular flexibility index (Phi) is 4.90. The minimum atomic E-state index is -0.113. The summed E-state index contributed by atoms with van der Waals surface area (Å²) < 4.78 is 0.721. The van der Waals surface area contributed by atoms with Gasteiger partial charge in [0, 0.05) is 12.7 Å². The second-order valence-corrected chi connectivity index (χ2v) is 5.76. The number of hydrogen-bond donors (Lipinski definition) is 1. The molecule has 1 aromatic heterocycles. The largest absolute Gasteiger partial charge is 0.348 e. The highest BCUT2D eigenvalue weighted by Crippen LogP contribution is 2.14. The van der Waals surface area contributed by atoms with Crippen molar-refractivity contribution in [3.8, 4) is 0 Å². The van der Waals surface area contributed by atoms with Crippen molar-refractivity contribution in [2.75, 3.05) is 0 Å². The lowest BCUT2D eigenvalue weighted by molar-refractivity contribution is 0.0950. The number of nitrogens with zero attached hydrogens (tertiary/aromatic N) is 1. The summed E-state index contributed by atoms with van der Waals surface area (Å²) in [6.45, 7) is 4.85. The summed E-state index contributed by atoms with van der Waals surface area (Å²) in [5.74, 6) is 0.408. The number of carbonyl (C=O) groups is 1. The Morgan fingerprint density at radius 1 is 1.20 bits per heavy atom. The normalized spacial score (nSPS) is 10.6. The van der Waals surface area contributed by atoms with Crippen molar-refractivity contribution in [1.29, 1.82) is 0 Å². The lowest BCUT2D eigenvalue weighted by Gasteiger charge is -2.08. The summed E-state index contributed by atoms with van der Waals surface area (Å²) in [6, 6.07) is 11.8. The number of halogens is 1. The first kappa shape index (κ1) is 14.7. The molecule has 0 unspecified atom stereocenters. The third-order valence-electron chi connectivity index (χ3n) is 3.09. The fourth-order valence-electron chi connectivity index (χ4n) is 1.81. The molecule has 0 aliphatic heterocycles. The maximum atomic E-state index is 11.9. The molecule has 0 aliphatic carbocycles. The van der Waals surface area contributed by atoms with Crippen molar-refractivity contribution in [3.63, 3.8) is 0 Å². The van der Waals surface area contributed by atoms with E-state index < -0.39 is 0 Å². The molecule has 4 heteroatoms. The molecular formula is C16H17BrN2O. The van der Waals surface area contributed by atoms with Crippen molar-refractivity contribution in [2.45, 2.75) is 26.3 Å². The molecule has 1 heterocycles. The average molecular weight is 333 g/mol. The summed E-state index contributed by atoms with van der Waals surface area (Å²) in [4.78, 5) is 16.0. The van der Waals surface area contributed by atoms with Crippen LogP contribution in [0.5, 0.6) is 0 Å². The van der Waals surface area contributed by atoms with Crippen LogP contribution in [0.4, 0.5) is 0 Å². The summed E-state index contributed by atoms with van der Waals surface area (Å²) >= 11 is 3.25. The van der Waals surface area contributed by atoms with E-state index in [4.69, 9.17) is 0 Å². The van der Waals surface area contributed by atoms with E-state index in [0.29, 0.717) is 18.0 Å². The van der Waals surface area contributed by atoms with Gasteiger partial charge in [-0.05, 0) is 45.1 Å². The molecule has 2 aromatic rings. The van der Waals surface area contributed by atoms with E-state index in [1.54, 1.807) is 18.3 Å². The van der Waals surface area contributed by atoms with Gasteiger partial charge in [-0.15, -0.1) is 0 Å². The fourth-order valence-corrected chi connectivity index (χ4v) is 2.05. The number of carbonyl (C=O) groups excluding carboxylic acids is 1. The first-order valence-electron chi connectivity index (χ1n) is 6.55. The molecule has 1 aromatic carbocycles. The van der Waals surface area contributed by atoms with Gasteiger partial charge in [0.25, 0.3) is 5.91 Å². The van der Waals surface area contributed by atoms with E-state index in [2.05, 4.69) is 64.3 Å². The topological polar surface area (TPSA) is 42.0 Å². The zero-order chi connectivity index (χ0) is 14.5.